The Labute approximate surface area is 83.8 Å². The van der Waals surface area contributed by atoms with Crippen LogP contribution in [0.3, 0.4) is 0 Å². The predicted octanol–water partition coefficient (Wildman–Crippen LogP) is -1.06. The summed E-state index contributed by atoms with van der Waals surface area (Å²) >= 11 is 0. The molecule has 1 heterocycles. The van der Waals surface area contributed by atoms with Crippen molar-refractivity contribution >= 4 is 11.8 Å². The monoisotopic (exact) mass is 199 g/mol. The fourth-order valence-corrected chi connectivity index (χ4v) is 1.56. The van der Waals surface area contributed by atoms with Crippen molar-refractivity contribution < 1.29 is 9.59 Å². The van der Waals surface area contributed by atoms with Gasteiger partial charge in [-0.25, -0.2) is 0 Å². The van der Waals surface area contributed by atoms with Crippen LogP contribution in [0.4, 0.5) is 0 Å². The van der Waals surface area contributed by atoms with E-state index in [2.05, 4.69) is 10.6 Å². The number of nitrogens with one attached hydrogen (secondary N) is 2. The molecular formula is C9H17N3O2. The van der Waals surface area contributed by atoms with E-state index in [0.29, 0.717) is 6.42 Å². The van der Waals surface area contributed by atoms with Crippen molar-refractivity contribution in [2.24, 2.45) is 0 Å². The molecule has 1 unspecified atom stereocenters. The predicted molar refractivity (Wildman–Crippen MR) is 52.7 cm³/mol. The van der Waals surface area contributed by atoms with Crippen molar-refractivity contribution in [1.82, 2.24) is 15.5 Å². The first-order valence-corrected chi connectivity index (χ1v) is 4.83. The number of hydrogen-bond acceptors (Lipinski definition) is 4. The molecular weight excluding hydrogens is 182 g/mol. The molecule has 0 spiro atoms. The summed E-state index contributed by atoms with van der Waals surface area (Å²) in [7, 11) is 3.77. The lowest BCUT2D eigenvalue weighted by atomic mass is 10.2. The van der Waals surface area contributed by atoms with Gasteiger partial charge in [0.1, 0.15) is 0 Å². The summed E-state index contributed by atoms with van der Waals surface area (Å²) in [5.41, 5.74) is 0. The van der Waals surface area contributed by atoms with Crippen LogP contribution < -0.4 is 10.6 Å². The second kappa shape index (κ2) is 5.07. The van der Waals surface area contributed by atoms with E-state index in [1.54, 1.807) is 0 Å². The molecule has 14 heavy (non-hydrogen) atoms. The second-order valence-electron chi connectivity index (χ2n) is 3.57. The molecule has 0 aromatic heterocycles. The molecule has 0 aliphatic carbocycles. The van der Waals surface area contributed by atoms with Crippen LogP contribution >= 0.6 is 0 Å². The Morgan fingerprint density at radius 2 is 2.29 bits per heavy atom. The maximum atomic E-state index is 11.3. The van der Waals surface area contributed by atoms with Gasteiger partial charge in [0.2, 0.25) is 11.8 Å². The van der Waals surface area contributed by atoms with Gasteiger partial charge in [0.15, 0.2) is 0 Å². The third-order valence-corrected chi connectivity index (χ3v) is 2.41. The van der Waals surface area contributed by atoms with Crippen LogP contribution in [-0.2, 0) is 9.59 Å². The van der Waals surface area contributed by atoms with Gasteiger partial charge in [-0.2, -0.15) is 0 Å². The Kier molecular flexibility index (Phi) is 4.03. The minimum atomic E-state index is -0.264. The summed E-state index contributed by atoms with van der Waals surface area (Å²) in [6.07, 6.45) is 1.28. The highest BCUT2D eigenvalue weighted by Gasteiger charge is 2.33. The fraction of sp³-hybridized carbons (Fsp3) is 0.778. The zero-order valence-corrected chi connectivity index (χ0v) is 8.67. The standard InChI is InChI=1S/C9H17N3O2/c1-10-4-3-5-12(2)7-6-8(13)11-9(7)14/h7,10H,3-6H2,1-2H3,(H,11,13,14). The molecule has 1 aliphatic heterocycles. The lowest BCUT2D eigenvalue weighted by Crippen LogP contribution is -2.39. The smallest absolute Gasteiger partial charge is 0.244 e. The first-order chi connectivity index (χ1) is 6.65. The summed E-state index contributed by atoms with van der Waals surface area (Å²) in [4.78, 5) is 24.1. The first kappa shape index (κ1) is 11.1. The van der Waals surface area contributed by atoms with Crippen LogP contribution in [-0.4, -0.2) is 49.9 Å². The zero-order valence-electron chi connectivity index (χ0n) is 8.67. The number of nitrogens with zero attached hydrogens (tertiary/aromatic N) is 1. The van der Waals surface area contributed by atoms with Gasteiger partial charge >= 0.3 is 0 Å². The number of imide groups is 1. The van der Waals surface area contributed by atoms with Gasteiger partial charge in [-0.05, 0) is 33.6 Å². The van der Waals surface area contributed by atoms with E-state index in [1.807, 2.05) is 19.0 Å². The summed E-state index contributed by atoms with van der Waals surface area (Å²) in [6.45, 7) is 1.75. The molecule has 1 rings (SSSR count). The van der Waals surface area contributed by atoms with E-state index in [0.717, 1.165) is 19.5 Å². The molecule has 1 saturated heterocycles. The Balaban J connectivity index is 2.33. The number of amides is 2. The average Bonchev–Trinajstić information content (AvgIpc) is 2.45. The van der Waals surface area contributed by atoms with Crippen molar-refractivity contribution in [3.63, 3.8) is 0 Å². The topological polar surface area (TPSA) is 61.4 Å². The molecule has 0 aromatic carbocycles. The second-order valence-corrected chi connectivity index (χ2v) is 3.57. The van der Waals surface area contributed by atoms with Gasteiger partial charge in [-0.3, -0.25) is 19.8 Å². The Morgan fingerprint density at radius 1 is 1.57 bits per heavy atom. The molecule has 1 atom stereocenters. The summed E-state index contributed by atoms with van der Waals surface area (Å²) in [5.74, 6) is -0.331. The number of hydrogen-bond donors (Lipinski definition) is 2. The summed E-state index contributed by atoms with van der Waals surface area (Å²) in [6, 6.07) is -0.264. The average molecular weight is 199 g/mol. The van der Waals surface area contributed by atoms with Crippen molar-refractivity contribution in [2.45, 2.75) is 18.9 Å². The summed E-state index contributed by atoms with van der Waals surface area (Å²) in [5, 5.41) is 5.34. The van der Waals surface area contributed by atoms with Crippen molar-refractivity contribution in [2.75, 3.05) is 27.2 Å². The molecule has 2 N–H and O–H groups in total. The molecule has 5 nitrogen and oxygen atoms in total. The van der Waals surface area contributed by atoms with Gasteiger partial charge in [0.05, 0.1) is 12.5 Å². The lowest BCUT2D eigenvalue weighted by Gasteiger charge is -2.20. The van der Waals surface area contributed by atoms with E-state index in [9.17, 15) is 9.59 Å². The maximum Gasteiger partial charge on any atom is 0.244 e. The summed E-state index contributed by atoms with van der Waals surface area (Å²) < 4.78 is 0. The van der Waals surface area contributed by atoms with Crippen LogP contribution in [0.1, 0.15) is 12.8 Å². The maximum absolute atomic E-state index is 11.3. The number of carbonyl (C=O) groups is 2. The lowest BCUT2D eigenvalue weighted by molar-refractivity contribution is -0.126. The van der Waals surface area contributed by atoms with Crippen LogP contribution in [0.25, 0.3) is 0 Å². The Morgan fingerprint density at radius 3 is 2.79 bits per heavy atom. The van der Waals surface area contributed by atoms with Crippen molar-refractivity contribution in [1.29, 1.82) is 0 Å². The molecule has 2 amide bonds. The van der Waals surface area contributed by atoms with Crippen molar-refractivity contribution in [3.8, 4) is 0 Å². The van der Waals surface area contributed by atoms with Gasteiger partial charge < -0.3 is 5.32 Å². The van der Waals surface area contributed by atoms with Crippen LogP contribution in [0.5, 0.6) is 0 Å². The first-order valence-electron chi connectivity index (χ1n) is 4.83. The van der Waals surface area contributed by atoms with E-state index in [4.69, 9.17) is 0 Å². The highest BCUT2D eigenvalue weighted by Crippen LogP contribution is 2.08. The van der Waals surface area contributed by atoms with E-state index in [-0.39, 0.29) is 17.9 Å². The van der Waals surface area contributed by atoms with Crippen molar-refractivity contribution in [3.05, 3.63) is 0 Å². The number of rotatable bonds is 5. The number of likely N-dealkylation sites (N-methyl/N-ethyl adjacent to an activating group) is 1. The van der Waals surface area contributed by atoms with E-state index in [1.165, 1.54) is 0 Å². The molecule has 0 saturated carbocycles. The van der Waals surface area contributed by atoms with Crippen LogP contribution in [0, 0.1) is 0 Å². The molecule has 1 fully saturated rings. The zero-order chi connectivity index (χ0) is 10.6. The minimum Gasteiger partial charge on any atom is -0.320 e. The molecule has 1 aliphatic rings. The third-order valence-electron chi connectivity index (χ3n) is 2.41. The normalized spacial score (nSPS) is 21.8. The Bertz CT molecular complexity index is 230. The number of carbonyl (C=O) groups excluding carboxylic acids is 2. The van der Waals surface area contributed by atoms with Crippen LogP contribution in [0.2, 0.25) is 0 Å². The molecule has 0 aromatic rings. The molecule has 0 bridgehead atoms. The van der Waals surface area contributed by atoms with Gasteiger partial charge in [0.25, 0.3) is 0 Å². The fourth-order valence-electron chi connectivity index (χ4n) is 1.56. The molecule has 80 valence electrons. The van der Waals surface area contributed by atoms with Gasteiger partial charge in [0, 0.05) is 0 Å². The third kappa shape index (κ3) is 2.78. The minimum absolute atomic E-state index is 0.165. The van der Waals surface area contributed by atoms with E-state index >= 15 is 0 Å². The van der Waals surface area contributed by atoms with Gasteiger partial charge in [-0.15, -0.1) is 0 Å². The quantitative estimate of drug-likeness (QED) is 0.438. The SMILES string of the molecule is CNCCCN(C)C1CC(=O)NC1=O. The molecule has 5 heteroatoms. The largest absolute Gasteiger partial charge is 0.320 e. The molecule has 0 radical (unpaired) electrons. The van der Waals surface area contributed by atoms with Gasteiger partial charge in [-0.1, -0.05) is 0 Å². The Hall–Kier alpha value is -0.940. The van der Waals surface area contributed by atoms with E-state index < -0.39 is 0 Å². The highest BCUT2D eigenvalue weighted by molar-refractivity contribution is 6.05. The van der Waals surface area contributed by atoms with Crippen LogP contribution in [0.15, 0.2) is 0 Å². The highest BCUT2D eigenvalue weighted by atomic mass is 16.2.